The molecular weight excluding hydrogens is 290 g/mol. The molecule has 0 spiro atoms. The number of nitrogens with one attached hydrogen (secondary N) is 1. The van der Waals surface area contributed by atoms with Gasteiger partial charge in [-0.3, -0.25) is 4.79 Å². The van der Waals surface area contributed by atoms with Gasteiger partial charge in [-0.05, 0) is 25.0 Å². The second-order valence-electron chi connectivity index (χ2n) is 5.25. The summed E-state index contributed by atoms with van der Waals surface area (Å²) < 4.78 is 7.16. The van der Waals surface area contributed by atoms with Crippen molar-refractivity contribution in [2.45, 2.75) is 31.8 Å². The zero-order chi connectivity index (χ0) is 14.8. The molecule has 0 unspecified atom stereocenters. The summed E-state index contributed by atoms with van der Waals surface area (Å²) >= 11 is 5.85. The number of hydrogen-bond donors (Lipinski definition) is 1. The van der Waals surface area contributed by atoms with Crippen molar-refractivity contribution in [1.29, 1.82) is 0 Å². The number of benzene rings is 1. The maximum Gasteiger partial charge on any atom is 0.240 e. The molecule has 112 valence electrons. The Kier molecular flexibility index (Phi) is 4.01. The molecule has 21 heavy (non-hydrogen) atoms. The largest absolute Gasteiger partial charge is 0.497 e. The lowest BCUT2D eigenvalue weighted by Crippen LogP contribution is -2.29. The molecule has 1 heterocycles. The van der Waals surface area contributed by atoms with Crippen LogP contribution < -0.4 is 10.1 Å². The molecule has 1 aromatic heterocycles. The molecule has 6 heteroatoms. The van der Waals surface area contributed by atoms with Gasteiger partial charge in [0, 0.05) is 24.4 Å². The Balaban J connectivity index is 1.92. The van der Waals surface area contributed by atoms with E-state index >= 15 is 0 Å². The SMILES string of the molecule is COc1ccc2c(c1)nc(CCCl)n2CC(=O)NC1CC1. The van der Waals surface area contributed by atoms with Crippen molar-refractivity contribution in [3.8, 4) is 5.75 Å². The van der Waals surface area contributed by atoms with Gasteiger partial charge in [-0.15, -0.1) is 11.6 Å². The molecule has 1 saturated carbocycles. The number of amides is 1. The summed E-state index contributed by atoms with van der Waals surface area (Å²) in [5.41, 5.74) is 1.76. The first-order valence-electron chi connectivity index (χ1n) is 7.09. The molecule has 0 bridgehead atoms. The average Bonchev–Trinajstić information content (AvgIpc) is 3.22. The highest BCUT2D eigenvalue weighted by Crippen LogP contribution is 2.23. The molecule has 3 rings (SSSR count). The van der Waals surface area contributed by atoms with Crippen LogP contribution in [0, 0.1) is 0 Å². The summed E-state index contributed by atoms with van der Waals surface area (Å²) in [6.07, 6.45) is 2.81. The number of carbonyl (C=O) groups is 1. The van der Waals surface area contributed by atoms with Gasteiger partial charge in [-0.1, -0.05) is 0 Å². The first-order valence-corrected chi connectivity index (χ1v) is 7.63. The minimum Gasteiger partial charge on any atom is -0.497 e. The molecule has 0 atom stereocenters. The van der Waals surface area contributed by atoms with Crippen molar-refractivity contribution in [2.75, 3.05) is 13.0 Å². The Bertz CT molecular complexity index is 664. The predicted molar refractivity (Wildman–Crippen MR) is 81.9 cm³/mol. The van der Waals surface area contributed by atoms with E-state index in [-0.39, 0.29) is 12.5 Å². The number of nitrogens with zero attached hydrogens (tertiary/aromatic N) is 2. The van der Waals surface area contributed by atoms with E-state index in [1.165, 1.54) is 0 Å². The lowest BCUT2D eigenvalue weighted by Gasteiger charge is -2.09. The van der Waals surface area contributed by atoms with E-state index in [1.807, 2.05) is 22.8 Å². The molecule has 0 radical (unpaired) electrons. The summed E-state index contributed by atoms with van der Waals surface area (Å²) in [4.78, 5) is 16.6. The minimum atomic E-state index is 0.0310. The number of imidazole rings is 1. The number of carbonyl (C=O) groups excluding carboxylic acids is 1. The summed E-state index contributed by atoms with van der Waals surface area (Å²) in [6, 6.07) is 6.05. The summed E-state index contributed by atoms with van der Waals surface area (Å²) in [6.45, 7) is 0.283. The van der Waals surface area contributed by atoms with E-state index in [0.717, 1.165) is 35.4 Å². The van der Waals surface area contributed by atoms with Crippen molar-refractivity contribution in [3.05, 3.63) is 24.0 Å². The van der Waals surface area contributed by atoms with Crippen LogP contribution in [0.3, 0.4) is 0 Å². The van der Waals surface area contributed by atoms with Gasteiger partial charge in [0.2, 0.25) is 5.91 Å². The van der Waals surface area contributed by atoms with Gasteiger partial charge in [-0.25, -0.2) is 4.98 Å². The monoisotopic (exact) mass is 307 g/mol. The predicted octanol–water partition coefficient (Wildman–Crippen LogP) is 2.10. The van der Waals surface area contributed by atoms with Crippen molar-refractivity contribution < 1.29 is 9.53 Å². The van der Waals surface area contributed by atoms with E-state index in [1.54, 1.807) is 7.11 Å². The first kappa shape index (κ1) is 14.2. The second-order valence-corrected chi connectivity index (χ2v) is 5.63. The highest BCUT2D eigenvalue weighted by atomic mass is 35.5. The number of alkyl halides is 1. The molecule has 1 amide bonds. The normalized spacial score (nSPS) is 14.4. The Morgan fingerprint density at radius 2 is 2.33 bits per heavy atom. The molecule has 0 saturated heterocycles. The molecule has 1 aromatic carbocycles. The standard InChI is InChI=1S/C15H18ClN3O2/c1-21-11-4-5-13-12(8-11)18-14(6-7-16)19(13)9-15(20)17-10-2-3-10/h4-5,8,10H,2-3,6-7,9H2,1H3,(H,17,20). The van der Waals surface area contributed by atoms with Crippen molar-refractivity contribution in [3.63, 3.8) is 0 Å². The van der Waals surface area contributed by atoms with E-state index in [4.69, 9.17) is 16.3 Å². The third-order valence-corrected chi connectivity index (χ3v) is 3.79. The highest BCUT2D eigenvalue weighted by molar-refractivity contribution is 6.17. The Morgan fingerprint density at radius 3 is 3.00 bits per heavy atom. The van der Waals surface area contributed by atoms with E-state index in [2.05, 4.69) is 10.3 Å². The fraction of sp³-hybridized carbons (Fsp3) is 0.467. The fourth-order valence-electron chi connectivity index (χ4n) is 2.38. The summed E-state index contributed by atoms with van der Waals surface area (Å²) in [5.74, 6) is 2.10. The Hall–Kier alpha value is -1.75. The second kappa shape index (κ2) is 5.93. The van der Waals surface area contributed by atoms with Gasteiger partial charge in [-0.2, -0.15) is 0 Å². The topological polar surface area (TPSA) is 56.2 Å². The summed E-state index contributed by atoms with van der Waals surface area (Å²) in [5, 5.41) is 3.00. The van der Waals surface area contributed by atoms with Crippen molar-refractivity contribution in [1.82, 2.24) is 14.9 Å². The van der Waals surface area contributed by atoms with Crippen LogP contribution in [0.4, 0.5) is 0 Å². The van der Waals surface area contributed by atoms with Gasteiger partial charge >= 0.3 is 0 Å². The molecule has 1 aliphatic rings. The number of methoxy groups -OCH3 is 1. The maximum atomic E-state index is 12.1. The number of rotatable bonds is 6. The third-order valence-electron chi connectivity index (χ3n) is 3.60. The minimum absolute atomic E-state index is 0.0310. The average molecular weight is 308 g/mol. The molecule has 1 aliphatic carbocycles. The number of aryl methyl sites for hydroxylation is 1. The van der Waals surface area contributed by atoms with E-state index in [0.29, 0.717) is 18.3 Å². The Morgan fingerprint density at radius 1 is 1.52 bits per heavy atom. The quantitative estimate of drug-likeness (QED) is 0.832. The highest BCUT2D eigenvalue weighted by Gasteiger charge is 2.24. The van der Waals surface area contributed by atoms with E-state index < -0.39 is 0 Å². The summed E-state index contributed by atoms with van der Waals surface area (Å²) in [7, 11) is 1.63. The van der Waals surface area contributed by atoms with Crippen LogP contribution in [0.15, 0.2) is 18.2 Å². The number of aromatic nitrogens is 2. The zero-order valence-electron chi connectivity index (χ0n) is 11.9. The number of ether oxygens (including phenoxy) is 1. The Labute approximate surface area is 128 Å². The molecule has 0 aliphatic heterocycles. The fourth-order valence-corrected chi connectivity index (χ4v) is 2.55. The van der Waals surface area contributed by atoms with Gasteiger partial charge in [0.25, 0.3) is 0 Å². The van der Waals surface area contributed by atoms with Gasteiger partial charge in [0.05, 0.1) is 18.1 Å². The number of hydrogen-bond acceptors (Lipinski definition) is 3. The van der Waals surface area contributed by atoms with Crippen LogP contribution in [-0.4, -0.2) is 34.5 Å². The van der Waals surface area contributed by atoms with Crippen molar-refractivity contribution >= 4 is 28.5 Å². The van der Waals surface area contributed by atoms with E-state index in [9.17, 15) is 4.79 Å². The van der Waals surface area contributed by atoms with Crippen LogP contribution in [0.2, 0.25) is 0 Å². The number of fused-ring (bicyclic) bond motifs is 1. The third kappa shape index (κ3) is 3.13. The molecule has 1 fully saturated rings. The maximum absolute atomic E-state index is 12.1. The molecule has 1 N–H and O–H groups in total. The van der Waals surface area contributed by atoms with Gasteiger partial charge in [0.15, 0.2) is 0 Å². The number of halogens is 1. The lowest BCUT2D eigenvalue weighted by atomic mass is 10.3. The van der Waals surface area contributed by atoms with Crippen LogP contribution in [0.1, 0.15) is 18.7 Å². The van der Waals surface area contributed by atoms with Crippen LogP contribution in [0.25, 0.3) is 11.0 Å². The van der Waals surface area contributed by atoms with Crippen LogP contribution in [0.5, 0.6) is 5.75 Å². The zero-order valence-corrected chi connectivity index (χ0v) is 12.7. The van der Waals surface area contributed by atoms with Crippen LogP contribution in [-0.2, 0) is 17.8 Å². The smallest absolute Gasteiger partial charge is 0.240 e. The van der Waals surface area contributed by atoms with Crippen LogP contribution >= 0.6 is 11.6 Å². The first-order chi connectivity index (χ1) is 10.2. The molecule has 2 aromatic rings. The lowest BCUT2D eigenvalue weighted by molar-refractivity contribution is -0.121. The molecular formula is C15H18ClN3O2. The molecule has 5 nitrogen and oxygen atoms in total. The van der Waals surface area contributed by atoms with Gasteiger partial charge < -0.3 is 14.6 Å². The van der Waals surface area contributed by atoms with Crippen molar-refractivity contribution in [2.24, 2.45) is 0 Å². The van der Waals surface area contributed by atoms with Gasteiger partial charge in [0.1, 0.15) is 18.1 Å².